The highest BCUT2D eigenvalue weighted by atomic mass is 32.2. The molecule has 0 amide bonds. The molecule has 113 valence electrons. The van der Waals surface area contributed by atoms with E-state index in [9.17, 15) is 23.9 Å². The number of carbonyl (C=O) groups is 2. The van der Waals surface area contributed by atoms with Gasteiger partial charge in [-0.05, 0) is 13.0 Å². The molecule has 0 aliphatic carbocycles. The van der Waals surface area contributed by atoms with Crippen molar-refractivity contribution in [2.24, 2.45) is 5.92 Å². The Balaban J connectivity index is 0. The summed E-state index contributed by atoms with van der Waals surface area (Å²) in [6, 6.07) is 3.58. The van der Waals surface area contributed by atoms with Crippen molar-refractivity contribution >= 4 is 36.5 Å². The summed E-state index contributed by atoms with van der Waals surface area (Å²) in [6.07, 6.45) is 0. The van der Waals surface area contributed by atoms with Gasteiger partial charge in [0.25, 0.3) is 5.69 Å². The highest BCUT2D eigenvalue weighted by Gasteiger charge is 2.35. The number of halogens is 2. The summed E-state index contributed by atoms with van der Waals surface area (Å²) in [7, 11) is -1.56. The Labute approximate surface area is 122 Å². The van der Waals surface area contributed by atoms with Crippen molar-refractivity contribution in [3.8, 4) is 0 Å². The van der Waals surface area contributed by atoms with E-state index in [0.29, 0.717) is 0 Å². The SMILES string of the molecule is CC(=O)C1CS(=O)c2cc([N+](=O)[O-])ccc2C1=O.F.F.[B]. The van der Waals surface area contributed by atoms with Crippen LogP contribution in [0, 0.1) is 16.0 Å². The maximum Gasteiger partial charge on any atom is 0.270 e. The van der Waals surface area contributed by atoms with Crippen molar-refractivity contribution in [1.29, 1.82) is 0 Å². The van der Waals surface area contributed by atoms with Gasteiger partial charge in [0.2, 0.25) is 0 Å². The van der Waals surface area contributed by atoms with Crippen molar-refractivity contribution in [3.63, 3.8) is 0 Å². The van der Waals surface area contributed by atoms with Gasteiger partial charge >= 0.3 is 0 Å². The molecule has 0 spiro atoms. The topological polar surface area (TPSA) is 94.3 Å². The van der Waals surface area contributed by atoms with Gasteiger partial charge in [-0.2, -0.15) is 0 Å². The molecule has 2 unspecified atom stereocenters. The van der Waals surface area contributed by atoms with Crippen LogP contribution in [0.4, 0.5) is 15.1 Å². The van der Waals surface area contributed by atoms with Gasteiger partial charge in [0.1, 0.15) is 5.78 Å². The molecule has 21 heavy (non-hydrogen) atoms. The van der Waals surface area contributed by atoms with E-state index in [1.165, 1.54) is 19.1 Å². The van der Waals surface area contributed by atoms with Crippen LogP contribution in [0.3, 0.4) is 0 Å². The van der Waals surface area contributed by atoms with E-state index in [-0.39, 0.29) is 45.5 Å². The van der Waals surface area contributed by atoms with Gasteiger partial charge in [0, 0.05) is 31.9 Å². The molecule has 0 aromatic heterocycles. The van der Waals surface area contributed by atoms with Crippen LogP contribution in [0.1, 0.15) is 17.3 Å². The number of non-ortho nitro benzene ring substituents is 1. The first kappa shape index (κ1) is 21.3. The number of rotatable bonds is 2. The van der Waals surface area contributed by atoms with E-state index in [1.54, 1.807) is 0 Å². The van der Waals surface area contributed by atoms with Gasteiger partial charge < -0.3 is 0 Å². The van der Waals surface area contributed by atoms with Crippen LogP contribution in [0.25, 0.3) is 0 Å². The molecule has 0 fully saturated rings. The van der Waals surface area contributed by atoms with E-state index in [0.717, 1.165) is 6.07 Å². The number of carbonyl (C=O) groups excluding carboxylic acids is 2. The van der Waals surface area contributed by atoms with E-state index < -0.39 is 27.4 Å². The van der Waals surface area contributed by atoms with Crippen LogP contribution in [0.2, 0.25) is 0 Å². The number of Topliss-reactive ketones (excluding diaryl/α,β-unsaturated/α-hetero) is 2. The quantitative estimate of drug-likeness (QED) is 0.351. The maximum absolute atomic E-state index is 12.0. The predicted octanol–water partition coefficient (Wildman–Crippen LogP) is 1.03. The Hall–Kier alpha value is -1.97. The van der Waals surface area contributed by atoms with Gasteiger partial charge in [-0.25, -0.2) is 0 Å². The molecule has 0 saturated carbocycles. The largest absolute Gasteiger partial charge is 0.299 e. The standard InChI is InChI=1S/C11H9NO5S.B.2FH/c1-6(13)9-5-18(17)10-4-7(12(15)16)2-3-8(10)11(9)14;;;/h2-4,9H,5H2,1H3;;2*1H. The minimum atomic E-state index is -1.56. The lowest BCUT2D eigenvalue weighted by Crippen LogP contribution is -2.33. The second kappa shape index (κ2) is 7.72. The zero-order valence-electron chi connectivity index (χ0n) is 10.8. The van der Waals surface area contributed by atoms with E-state index in [2.05, 4.69) is 0 Å². The van der Waals surface area contributed by atoms with E-state index >= 15 is 0 Å². The van der Waals surface area contributed by atoms with Crippen LogP contribution in [0.15, 0.2) is 23.1 Å². The fourth-order valence-electron chi connectivity index (χ4n) is 1.82. The van der Waals surface area contributed by atoms with Crippen molar-refractivity contribution in [3.05, 3.63) is 33.9 Å². The molecule has 2 rings (SSSR count). The minimum absolute atomic E-state index is 0. The van der Waals surface area contributed by atoms with Crippen molar-refractivity contribution < 1.29 is 28.1 Å². The Morgan fingerprint density at radius 1 is 1.38 bits per heavy atom. The molecule has 3 radical (unpaired) electrons. The maximum atomic E-state index is 12.0. The Morgan fingerprint density at radius 2 is 1.95 bits per heavy atom. The molecular weight excluding hydrogens is 307 g/mol. The van der Waals surface area contributed by atoms with Crippen LogP contribution in [-0.2, 0) is 15.6 Å². The molecule has 1 aliphatic heterocycles. The number of fused-ring (bicyclic) bond motifs is 1. The van der Waals surface area contributed by atoms with Crippen LogP contribution >= 0.6 is 0 Å². The predicted molar refractivity (Wildman–Crippen MR) is 73.6 cm³/mol. The summed E-state index contributed by atoms with van der Waals surface area (Å²) in [5.41, 5.74) is -0.0680. The first-order valence-electron chi connectivity index (χ1n) is 5.13. The number of nitro benzene ring substituents is 1. The third-order valence-electron chi connectivity index (χ3n) is 2.81. The summed E-state index contributed by atoms with van der Waals surface area (Å²) in [5, 5.41) is 10.6. The summed E-state index contributed by atoms with van der Waals surface area (Å²) >= 11 is 0. The molecular formula is C11H11BF2NO5S. The second-order valence-electron chi connectivity index (χ2n) is 3.98. The van der Waals surface area contributed by atoms with E-state index in [1.807, 2.05) is 0 Å². The van der Waals surface area contributed by atoms with Crippen molar-refractivity contribution in [2.45, 2.75) is 11.8 Å². The highest BCUT2D eigenvalue weighted by molar-refractivity contribution is 7.85. The monoisotopic (exact) mass is 318 g/mol. The third kappa shape index (κ3) is 3.78. The zero-order chi connectivity index (χ0) is 13.4. The van der Waals surface area contributed by atoms with Crippen LogP contribution in [-0.4, -0.2) is 34.9 Å². The molecule has 1 heterocycles. The smallest absolute Gasteiger partial charge is 0.270 e. The molecule has 1 aromatic rings. The number of nitrogens with zero attached hydrogens (tertiary/aromatic N) is 1. The van der Waals surface area contributed by atoms with Gasteiger partial charge in [-0.15, -0.1) is 0 Å². The highest BCUT2D eigenvalue weighted by Crippen LogP contribution is 2.29. The number of hydrogen-bond acceptors (Lipinski definition) is 5. The molecule has 1 aliphatic rings. The molecule has 0 N–H and O–H groups in total. The first-order chi connectivity index (χ1) is 8.41. The molecule has 0 saturated heterocycles. The summed E-state index contributed by atoms with van der Waals surface area (Å²) < 4.78 is 11.9. The van der Waals surface area contributed by atoms with Crippen molar-refractivity contribution in [1.82, 2.24) is 0 Å². The van der Waals surface area contributed by atoms with Gasteiger partial charge in [0.15, 0.2) is 5.78 Å². The van der Waals surface area contributed by atoms with Gasteiger partial charge in [0.05, 0.1) is 26.5 Å². The fourth-order valence-corrected chi connectivity index (χ4v) is 3.36. The lowest BCUT2D eigenvalue weighted by Gasteiger charge is -2.20. The summed E-state index contributed by atoms with van der Waals surface area (Å²) in [4.78, 5) is 33.4. The van der Waals surface area contributed by atoms with Crippen molar-refractivity contribution in [2.75, 3.05) is 5.75 Å². The Kier molecular flexibility index (Phi) is 7.84. The second-order valence-corrected chi connectivity index (χ2v) is 5.44. The normalized spacial score (nSPS) is 19.2. The molecule has 1 aromatic carbocycles. The lowest BCUT2D eigenvalue weighted by atomic mass is 9.95. The number of hydrogen-bond donors (Lipinski definition) is 0. The average Bonchev–Trinajstić information content (AvgIpc) is 2.32. The van der Waals surface area contributed by atoms with Crippen LogP contribution in [0.5, 0.6) is 0 Å². The Morgan fingerprint density at radius 3 is 2.43 bits per heavy atom. The van der Waals surface area contributed by atoms with E-state index in [4.69, 9.17) is 0 Å². The molecule has 0 bridgehead atoms. The third-order valence-corrected chi connectivity index (χ3v) is 4.28. The molecule has 6 nitrogen and oxygen atoms in total. The lowest BCUT2D eigenvalue weighted by molar-refractivity contribution is -0.385. The first-order valence-corrected chi connectivity index (χ1v) is 6.45. The van der Waals surface area contributed by atoms with Crippen LogP contribution < -0.4 is 0 Å². The zero-order valence-corrected chi connectivity index (χ0v) is 11.6. The van der Waals surface area contributed by atoms with Gasteiger partial charge in [-0.3, -0.25) is 33.3 Å². The number of ketones is 2. The summed E-state index contributed by atoms with van der Waals surface area (Å²) in [6.45, 7) is 1.27. The summed E-state index contributed by atoms with van der Waals surface area (Å²) in [5.74, 6) is -1.74. The minimum Gasteiger partial charge on any atom is -0.299 e. The fraction of sp³-hybridized carbons (Fsp3) is 0.273. The molecule has 10 heteroatoms. The number of nitro groups is 1. The average molecular weight is 318 g/mol. The van der Waals surface area contributed by atoms with Gasteiger partial charge in [-0.1, -0.05) is 0 Å². The number of benzene rings is 1. The Bertz CT molecular complexity index is 610. The molecule has 2 atom stereocenters.